The number of aromatic nitrogens is 2. The summed E-state index contributed by atoms with van der Waals surface area (Å²) in [5.74, 6) is 1.89. The van der Waals surface area contributed by atoms with Crippen LogP contribution in [0.4, 0.5) is 0 Å². The van der Waals surface area contributed by atoms with Gasteiger partial charge in [0, 0.05) is 19.4 Å². The zero-order valence-corrected chi connectivity index (χ0v) is 12.9. The van der Waals surface area contributed by atoms with E-state index in [-0.39, 0.29) is 6.04 Å². The number of nitrogens with one attached hydrogen (secondary N) is 1. The van der Waals surface area contributed by atoms with Gasteiger partial charge in [-0.2, -0.15) is 0 Å². The number of halogens is 1. The molecule has 5 heteroatoms. The first-order chi connectivity index (χ1) is 9.15. The molecule has 0 spiro atoms. The predicted octanol–water partition coefficient (Wildman–Crippen LogP) is 2.69. The molecule has 102 valence electrons. The number of aryl methyl sites for hydroxylation is 1. The molecule has 1 unspecified atom stereocenters. The zero-order chi connectivity index (χ0) is 13.8. The molecule has 0 saturated heterocycles. The van der Waals surface area contributed by atoms with E-state index in [9.17, 15) is 0 Å². The Kier molecular flexibility index (Phi) is 4.61. The smallest absolute Gasteiger partial charge is 0.133 e. The van der Waals surface area contributed by atoms with Gasteiger partial charge in [-0.1, -0.05) is 6.07 Å². The van der Waals surface area contributed by atoms with Gasteiger partial charge < -0.3 is 14.6 Å². The first-order valence-electron chi connectivity index (χ1n) is 6.12. The number of nitrogens with zero attached hydrogens (tertiary/aromatic N) is 2. The summed E-state index contributed by atoms with van der Waals surface area (Å²) in [5.41, 5.74) is 1.23. The highest BCUT2D eigenvalue weighted by Crippen LogP contribution is 2.27. The number of hydrogen-bond donors (Lipinski definition) is 1. The lowest BCUT2D eigenvalue weighted by atomic mass is 10.1. The zero-order valence-electron chi connectivity index (χ0n) is 11.4. The number of ether oxygens (including phenoxy) is 1. The number of hydrogen-bond acceptors (Lipinski definition) is 3. The van der Waals surface area contributed by atoms with Gasteiger partial charge >= 0.3 is 0 Å². The highest BCUT2D eigenvalue weighted by Gasteiger charge is 2.15. The molecule has 4 nitrogen and oxygen atoms in total. The van der Waals surface area contributed by atoms with Gasteiger partial charge in [0.05, 0.1) is 17.6 Å². The summed E-state index contributed by atoms with van der Waals surface area (Å²) in [6.45, 7) is 0. The first kappa shape index (κ1) is 14.1. The van der Waals surface area contributed by atoms with Crippen LogP contribution < -0.4 is 10.1 Å². The average Bonchev–Trinajstić information content (AvgIpc) is 2.82. The molecule has 0 bridgehead atoms. The molecule has 1 N–H and O–H groups in total. The van der Waals surface area contributed by atoms with Crippen molar-refractivity contribution >= 4 is 15.9 Å². The van der Waals surface area contributed by atoms with E-state index in [1.165, 1.54) is 5.56 Å². The van der Waals surface area contributed by atoms with E-state index in [1.807, 2.05) is 37.1 Å². The van der Waals surface area contributed by atoms with Crippen molar-refractivity contribution in [1.29, 1.82) is 0 Å². The van der Waals surface area contributed by atoms with Crippen molar-refractivity contribution in [2.24, 2.45) is 7.05 Å². The first-order valence-corrected chi connectivity index (χ1v) is 6.92. The van der Waals surface area contributed by atoms with Crippen molar-refractivity contribution in [3.05, 3.63) is 46.5 Å². The third kappa shape index (κ3) is 3.16. The quantitative estimate of drug-likeness (QED) is 0.919. The maximum atomic E-state index is 5.24. The van der Waals surface area contributed by atoms with Gasteiger partial charge in [0.1, 0.15) is 11.6 Å². The molecule has 0 aliphatic carbocycles. The van der Waals surface area contributed by atoms with Crippen LogP contribution in [0.5, 0.6) is 5.75 Å². The van der Waals surface area contributed by atoms with Crippen LogP contribution >= 0.6 is 15.9 Å². The van der Waals surface area contributed by atoms with E-state index in [0.29, 0.717) is 0 Å². The Hall–Kier alpha value is -1.33. The number of imidazole rings is 1. The van der Waals surface area contributed by atoms with Gasteiger partial charge in [0.2, 0.25) is 0 Å². The molecule has 0 radical (unpaired) electrons. The Bertz CT molecular complexity index is 553. The van der Waals surface area contributed by atoms with Gasteiger partial charge in [-0.15, -0.1) is 0 Å². The van der Waals surface area contributed by atoms with Crippen LogP contribution in [0.25, 0.3) is 0 Å². The molecule has 0 fully saturated rings. The van der Waals surface area contributed by atoms with E-state index in [1.54, 1.807) is 7.11 Å². The van der Waals surface area contributed by atoms with Crippen molar-refractivity contribution in [3.8, 4) is 5.75 Å². The lowest BCUT2D eigenvalue weighted by Crippen LogP contribution is -2.22. The van der Waals surface area contributed by atoms with Gasteiger partial charge in [0.15, 0.2) is 0 Å². The van der Waals surface area contributed by atoms with Crippen LogP contribution in [0, 0.1) is 0 Å². The summed E-state index contributed by atoms with van der Waals surface area (Å²) >= 11 is 3.52. The topological polar surface area (TPSA) is 39.1 Å². The van der Waals surface area contributed by atoms with E-state index in [2.05, 4.69) is 38.4 Å². The third-order valence-electron chi connectivity index (χ3n) is 3.17. The molecule has 0 saturated carbocycles. The molecule has 0 amide bonds. The van der Waals surface area contributed by atoms with Crippen molar-refractivity contribution in [2.75, 3.05) is 14.2 Å². The second-order valence-corrected chi connectivity index (χ2v) is 5.26. The fourth-order valence-corrected chi connectivity index (χ4v) is 2.70. The fourth-order valence-electron chi connectivity index (χ4n) is 2.11. The number of methoxy groups -OCH3 is 1. The number of rotatable bonds is 5. The van der Waals surface area contributed by atoms with Crippen LogP contribution in [0.15, 0.2) is 35.1 Å². The average molecular weight is 324 g/mol. The van der Waals surface area contributed by atoms with Crippen LogP contribution in [-0.2, 0) is 13.5 Å². The third-order valence-corrected chi connectivity index (χ3v) is 3.79. The Balaban J connectivity index is 2.19. The summed E-state index contributed by atoms with van der Waals surface area (Å²) in [6.07, 6.45) is 4.66. The Morgan fingerprint density at radius 1 is 1.47 bits per heavy atom. The van der Waals surface area contributed by atoms with Crippen molar-refractivity contribution in [2.45, 2.75) is 12.5 Å². The fraction of sp³-hybridized carbons (Fsp3) is 0.357. The summed E-state index contributed by atoms with van der Waals surface area (Å²) in [5, 5.41) is 3.31. The summed E-state index contributed by atoms with van der Waals surface area (Å²) < 4.78 is 8.26. The molecule has 1 atom stereocenters. The maximum absolute atomic E-state index is 5.24. The van der Waals surface area contributed by atoms with E-state index >= 15 is 0 Å². The predicted molar refractivity (Wildman–Crippen MR) is 79.4 cm³/mol. The molecular weight excluding hydrogens is 306 g/mol. The van der Waals surface area contributed by atoms with Crippen molar-refractivity contribution in [3.63, 3.8) is 0 Å². The van der Waals surface area contributed by atoms with E-state index in [4.69, 9.17) is 4.74 Å². The van der Waals surface area contributed by atoms with Crippen molar-refractivity contribution < 1.29 is 4.74 Å². The molecule has 1 aromatic heterocycles. The number of likely N-dealkylation sites (N-methyl/N-ethyl adjacent to an activating group) is 1. The minimum Gasteiger partial charge on any atom is -0.496 e. The summed E-state index contributed by atoms with van der Waals surface area (Å²) in [6, 6.07) is 6.34. The Morgan fingerprint density at radius 3 is 2.79 bits per heavy atom. The molecule has 1 aromatic carbocycles. The SMILES string of the molecule is CNC(Cc1ccc(OC)c(Br)c1)c1nccn1C. The normalized spacial score (nSPS) is 12.4. The van der Waals surface area contributed by atoms with Gasteiger partial charge in [-0.05, 0) is 47.1 Å². The monoisotopic (exact) mass is 323 g/mol. The molecule has 19 heavy (non-hydrogen) atoms. The van der Waals surface area contributed by atoms with E-state index < -0.39 is 0 Å². The molecule has 1 heterocycles. The second kappa shape index (κ2) is 6.21. The molecule has 2 rings (SSSR count). The minimum absolute atomic E-state index is 0.195. The standard InChI is InChI=1S/C14H18BrN3O/c1-16-12(14-17-6-7-18(14)2)9-10-4-5-13(19-3)11(15)8-10/h4-8,12,16H,9H2,1-3H3. The lowest BCUT2D eigenvalue weighted by Gasteiger charge is -2.16. The molecule has 2 aromatic rings. The molecular formula is C14H18BrN3O. The highest BCUT2D eigenvalue weighted by molar-refractivity contribution is 9.10. The maximum Gasteiger partial charge on any atom is 0.133 e. The van der Waals surface area contributed by atoms with Gasteiger partial charge in [-0.3, -0.25) is 0 Å². The van der Waals surface area contributed by atoms with Crippen LogP contribution in [-0.4, -0.2) is 23.7 Å². The molecule has 0 aliphatic rings. The minimum atomic E-state index is 0.195. The van der Waals surface area contributed by atoms with Crippen LogP contribution in [0.3, 0.4) is 0 Å². The van der Waals surface area contributed by atoms with E-state index in [0.717, 1.165) is 22.5 Å². The van der Waals surface area contributed by atoms with Gasteiger partial charge in [-0.25, -0.2) is 4.98 Å². The summed E-state index contributed by atoms with van der Waals surface area (Å²) in [4.78, 5) is 4.40. The van der Waals surface area contributed by atoms with Gasteiger partial charge in [0.25, 0.3) is 0 Å². The van der Waals surface area contributed by atoms with Crippen molar-refractivity contribution in [1.82, 2.24) is 14.9 Å². The van der Waals surface area contributed by atoms with Crippen LogP contribution in [0.1, 0.15) is 17.4 Å². The Morgan fingerprint density at radius 2 is 2.26 bits per heavy atom. The van der Waals surface area contributed by atoms with Crippen LogP contribution in [0.2, 0.25) is 0 Å². The molecule has 0 aliphatic heterocycles. The number of benzene rings is 1. The lowest BCUT2D eigenvalue weighted by molar-refractivity contribution is 0.412. The largest absolute Gasteiger partial charge is 0.496 e. The summed E-state index contributed by atoms with van der Waals surface area (Å²) in [7, 11) is 5.64. The second-order valence-electron chi connectivity index (χ2n) is 4.41. The Labute approximate surface area is 121 Å². The highest BCUT2D eigenvalue weighted by atomic mass is 79.9.